The van der Waals surface area contributed by atoms with Crippen LogP contribution in [0.5, 0.6) is 0 Å². The molecule has 0 aromatic carbocycles. The fourth-order valence-electron chi connectivity index (χ4n) is 2.24. The van der Waals surface area contributed by atoms with E-state index in [1.807, 2.05) is 13.8 Å². The summed E-state index contributed by atoms with van der Waals surface area (Å²) in [5, 5.41) is 11.1. The van der Waals surface area contributed by atoms with Crippen LogP contribution in [0.1, 0.15) is 105 Å². The summed E-state index contributed by atoms with van der Waals surface area (Å²) in [7, 11) is 0. The molecule has 0 rings (SSSR count). The van der Waals surface area contributed by atoms with Crippen LogP contribution >= 0.6 is 0 Å². The molecule has 0 fully saturated rings. The average Bonchev–Trinajstić information content (AvgIpc) is 2.43. The number of hydrogen-bond acceptors (Lipinski definition) is 1. The van der Waals surface area contributed by atoms with Gasteiger partial charge in [-0.05, 0) is 12.8 Å². The second-order valence-electron chi connectivity index (χ2n) is 5.87. The quantitative estimate of drug-likeness (QED) is 0.369. The third kappa shape index (κ3) is 23.0. The first-order valence-electron chi connectivity index (χ1n) is 9.24. The van der Waals surface area contributed by atoms with Crippen LogP contribution in [0.25, 0.3) is 0 Å². The topological polar surface area (TPSA) is 27.5 Å². The number of hydroxylamine groups is 2. The molecule has 0 unspecified atom stereocenters. The number of quaternary nitrogens is 1. The Hall–Kier alpha value is -0.0800. The van der Waals surface area contributed by atoms with E-state index in [0.717, 1.165) is 25.9 Å². The van der Waals surface area contributed by atoms with E-state index in [1.165, 1.54) is 64.2 Å². The lowest BCUT2D eigenvalue weighted by molar-refractivity contribution is -0.848. The molecule has 124 valence electrons. The molecule has 0 aromatic rings. The van der Waals surface area contributed by atoms with Gasteiger partial charge >= 0.3 is 0 Å². The number of nitrogens with one attached hydrogen (secondary N) is 1. The van der Waals surface area contributed by atoms with Crippen LogP contribution in [-0.2, 0) is 0 Å². The molecule has 2 nitrogen and oxygen atoms in total. The molecule has 1 N–H and O–H groups in total. The highest BCUT2D eigenvalue weighted by Crippen LogP contribution is 2.09. The van der Waals surface area contributed by atoms with E-state index in [2.05, 4.69) is 13.8 Å². The maximum Gasteiger partial charge on any atom is 0.0765 e. The number of rotatable bonds is 13. The van der Waals surface area contributed by atoms with Crippen LogP contribution in [-0.4, -0.2) is 13.1 Å². The van der Waals surface area contributed by atoms with Crippen LogP contribution in [0.15, 0.2) is 0 Å². The molecule has 0 aliphatic carbocycles. The van der Waals surface area contributed by atoms with E-state index in [-0.39, 0.29) is 0 Å². The molecule has 0 radical (unpaired) electrons. The van der Waals surface area contributed by atoms with Gasteiger partial charge in [0.2, 0.25) is 0 Å². The third-order valence-electron chi connectivity index (χ3n) is 3.51. The zero-order chi connectivity index (χ0) is 15.5. The van der Waals surface area contributed by atoms with Gasteiger partial charge in [-0.3, -0.25) is 0 Å². The fourth-order valence-corrected chi connectivity index (χ4v) is 2.24. The highest BCUT2D eigenvalue weighted by molar-refractivity contribution is 4.45. The number of unbranched alkanes of at least 4 members (excludes halogenated alkanes) is 9. The van der Waals surface area contributed by atoms with Crippen LogP contribution in [0.4, 0.5) is 0 Å². The van der Waals surface area contributed by atoms with Gasteiger partial charge in [0.25, 0.3) is 0 Å². The molecule has 0 atom stereocenters. The van der Waals surface area contributed by atoms with Gasteiger partial charge in [0.1, 0.15) is 0 Å². The molecule has 0 bridgehead atoms. The van der Waals surface area contributed by atoms with Crippen LogP contribution < -0.4 is 5.06 Å². The van der Waals surface area contributed by atoms with Crippen molar-refractivity contribution in [2.75, 3.05) is 13.1 Å². The largest absolute Gasteiger partial charge is 0.634 e. The monoisotopic (exact) mass is 287 g/mol. The minimum absolute atomic E-state index is 0.412. The average molecular weight is 288 g/mol. The first-order chi connectivity index (χ1) is 9.72. The van der Waals surface area contributed by atoms with E-state index in [0.29, 0.717) is 5.06 Å². The van der Waals surface area contributed by atoms with Gasteiger partial charge in [-0.15, -0.1) is 0 Å². The van der Waals surface area contributed by atoms with Gasteiger partial charge in [0.15, 0.2) is 0 Å². The minimum Gasteiger partial charge on any atom is -0.634 e. The molecular formula is C18H41NO. The van der Waals surface area contributed by atoms with Crippen molar-refractivity contribution < 1.29 is 5.06 Å². The van der Waals surface area contributed by atoms with Crippen molar-refractivity contribution in [2.45, 2.75) is 105 Å². The van der Waals surface area contributed by atoms with Crippen molar-refractivity contribution in [2.24, 2.45) is 0 Å². The second-order valence-corrected chi connectivity index (χ2v) is 5.87. The summed E-state index contributed by atoms with van der Waals surface area (Å²) in [5.41, 5.74) is 0. The van der Waals surface area contributed by atoms with Gasteiger partial charge in [-0.2, -0.15) is 0 Å². The van der Waals surface area contributed by atoms with Gasteiger partial charge in [-0.1, -0.05) is 91.9 Å². The highest BCUT2D eigenvalue weighted by atomic mass is 16.5. The van der Waals surface area contributed by atoms with Gasteiger partial charge in [0, 0.05) is 0 Å². The molecule has 2 heteroatoms. The van der Waals surface area contributed by atoms with E-state index >= 15 is 0 Å². The van der Waals surface area contributed by atoms with Crippen molar-refractivity contribution in [1.82, 2.24) is 0 Å². The maximum atomic E-state index is 10.6. The second kappa shape index (κ2) is 21.2. The number of hydrogen-bond donors (Lipinski definition) is 1. The molecule has 0 amide bonds. The molecule has 0 spiro atoms. The Kier molecular flexibility index (Phi) is 23.6. The van der Waals surface area contributed by atoms with E-state index in [4.69, 9.17) is 0 Å². The first-order valence-corrected chi connectivity index (χ1v) is 9.24. The summed E-state index contributed by atoms with van der Waals surface area (Å²) in [5.74, 6) is 0. The van der Waals surface area contributed by atoms with E-state index in [9.17, 15) is 5.21 Å². The van der Waals surface area contributed by atoms with Crippen LogP contribution in [0.3, 0.4) is 0 Å². The lowest BCUT2D eigenvalue weighted by atomic mass is 10.1. The van der Waals surface area contributed by atoms with E-state index < -0.39 is 0 Å². The Morgan fingerprint density at radius 2 is 0.800 bits per heavy atom. The predicted molar refractivity (Wildman–Crippen MR) is 92.2 cm³/mol. The molecule has 0 aliphatic rings. The summed E-state index contributed by atoms with van der Waals surface area (Å²) < 4.78 is 0. The van der Waals surface area contributed by atoms with Crippen molar-refractivity contribution in [1.29, 1.82) is 0 Å². The van der Waals surface area contributed by atoms with Gasteiger partial charge in [0.05, 0.1) is 13.1 Å². The molecule has 0 aromatic heterocycles. The summed E-state index contributed by atoms with van der Waals surface area (Å²) in [6, 6.07) is 0. The fraction of sp³-hybridized carbons (Fsp3) is 1.00. The summed E-state index contributed by atoms with van der Waals surface area (Å²) in [6.07, 6.45) is 16.4. The van der Waals surface area contributed by atoms with E-state index in [1.54, 1.807) is 0 Å². The minimum atomic E-state index is 0.412. The Balaban J connectivity index is 0. The highest BCUT2D eigenvalue weighted by Gasteiger charge is 1.90. The van der Waals surface area contributed by atoms with Crippen molar-refractivity contribution in [3.63, 3.8) is 0 Å². The molecule has 0 saturated carbocycles. The SMILES string of the molecule is CCCCCCCCCCCC.CCC[NH+]([O-])CCC. The van der Waals surface area contributed by atoms with Crippen molar-refractivity contribution in [3.05, 3.63) is 5.21 Å². The standard InChI is InChI=1S/C12H26.C6H15NO/c1-3-5-7-9-11-12-10-8-6-4-2;1-3-5-7(8)6-4-2/h3-12H2,1-2H3;7H,3-6H2,1-2H3. The summed E-state index contributed by atoms with van der Waals surface area (Å²) in [4.78, 5) is 0. The Labute approximate surface area is 128 Å². The molecule has 20 heavy (non-hydrogen) atoms. The maximum absolute atomic E-state index is 10.6. The first kappa shape index (κ1) is 22.2. The molecular weight excluding hydrogens is 246 g/mol. The normalized spacial score (nSPS) is 10.5. The zero-order valence-corrected chi connectivity index (χ0v) is 14.8. The third-order valence-corrected chi connectivity index (χ3v) is 3.51. The van der Waals surface area contributed by atoms with Crippen LogP contribution in [0, 0.1) is 5.21 Å². The smallest absolute Gasteiger partial charge is 0.0765 e. The summed E-state index contributed by atoms with van der Waals surface area (Å²) in [6.45, 7) is 10.2. The Bertz CT molecular complexity index is 134. The van der Waals surface area contributed by atoms with Gasteiger partial charge in [-0.25, -0.2) is 0 Å². The van der Waals surface area contributed by atoms with Crippen LogP contribution in [0.2, 0.25) is 0 Å². The lowest BCUT2D eigenvalue weighted by Gasteiger charge is -2.20. The molecule has 0 aliphatic heterocycles. The molecule has 0 heterocycles. The lowest BCUT2D eigenvalue weighted by Crippen LogP contribution is -3.07. The molecule has 0 saturated heterocycles. The Morgan fingerprint density at radius 3 is 1.05 bits per heavy atom. The van der Waals surface area contributed by atoms with Crippen molar-refractivity contribution >= 4 is 0 Å². The summed E-state index contributed by atoms with van der Waals surface area (Å²) >= 11 is 0. The predicted octanol–water partition coefficient (Wildman–Crippen LogP) is 5.12. The zero-order valence-electron chi connectivity index (χ0n) is 14.8. The Morgan fingerprint density at radius 1 is 0.500 bits per heavy atom. The van der Waals surface area contributed by atoms with Gasteiger partial charge < -0.3 is 10.3 Å². The van der Waals surface area contributed by atoms with Crippen molar-refractivity contribution in [3.8, 4) is 0 Å².